The minimum absolute atomic E-state index is 0.198. The van der Waals surface area contributed by atoms with Gasteiger partial charge in [0.05, 0.1) is 29.3 Å². The number of imidazole rings is 1. The molecule has 3 rings (SSSR count). The van der Waals surface area contributed by atoms with E-state index in [1.807, 2.05) is 0 Å². The average Bonchev–Trinajstić information content (AvgIpc) is 3.24. The van der Waals surface area contributed by atoms with Crippen LogP contribution in [0.4, 0.5) is 37.7 Å². The van der Waals surface area contributed by atoms with Gasteiger partial charge < -0.3 is 15.6 Å². The minimum atomic E-state index is -4.66. The Labute approximate surface area is 182 Å². The first-order valence-corrected chi connectivity index (χ1v) is 9.11. The van der Waals surface area contributed by atoms with Crippen LogP contribution in [0.3, 0.4) is 0 Å². The average molecular weight is 468 g/mol. The molecule has 33 heavy (non-hydrogen) atoms. The topological polar surface area (TPSA) is 86.9 Å². The van der Waals surface area contributed by atoms with E-state index in [0.29, 0.717) is 12.1 Å². The highest BCUT2D eigenvalue weighted by Gasteiger charge is 2.32. The molecule has 0 saturated carbocycles. The second-order valence-electron chi connectivity index (χ2n) is 6.63. The van der Waals surface area contributed by atoms with E-state index in [1.54, 1.807) is 0 Å². The lowest BCUT2D eigenvalue weighted by atomic mass is 10.1. The van der Waals surface area contributed by atoms with E-state index in [-0.39, 0.29) is 17.1 Å². The molecule has 0 atom stereocenters. The number of carbonyl (C=O) groups is 2. The molecule has 2 amide bonds. The van der Waals surface area contributed by atoms with Crippen molar-refractivity contribution in [1.29, 1.82) is 0 Å². The number of aromatic nitrogens is 2. The van der Waals surface area contributed by atoms with Gasteiger partial charge in [-0.15, -0.1) is 0 Å². The Morgan fingerprint density at radius 3 is 1.70 bits per heavy atom. The SMILES string of the molecule is O=C(Nc1cccc(C(F)(F)F)c1)C(=Cc1cnc[nH]1)C(=O)Nc1cccc(C(F)(F)F)c1. The Kier molecular flexibility index (Phi) is 6.56. The maximum atomic E-state index is 12.9. The number of alkyl halides is 6. The summed E-state index contributed by atoms with van der Waals surface area (Å²) in [6.45, 7) is 0. The molecule has 0 radical (unpaired) electrons. The zero-order chi connectivity index (χ0) is 24.2. The third-order valence-corrected chi connectivity index (χ3v) is 4.20. The molecule has 3 aromatic rings. The molecule has 0 fully saturated rings. The molecule has 0 aliphatic rings. The van der Waals surface area contributed by atoms with Crippen LogP contribution in [0.2, 0.25) is 0 Å². The van der Waals surface area contributed by atoms with Gasteiger partial charge in [0.1, 0.15) is 5.57 Å². The maximum Gasteiger partial charge on any atom is 0.416 e. The van der Waals surface area contributed by atoms with Gasteiger partial charge in [-0.2, -0.15) is 26.3 Å². The van der Waals surface area contributed by atoms with Crippen molar-refractivity contribution in [2.24, 2.45) is 0 Å². The minimum Gasteiger partial charge on any atom is -0.345 e. The molecule has 2 aromatic carbocycles. The number of nitrogens with one attached hydrogen (secondary N) is 3. The van der Waals surface area contributed by atoms with E-state index >= 15 is 0 Å². The Morgan fingerprint density at radius 2 is 1.30 bits per heavy atom. The summed E-state index contributed by atoms with van der Waals surface area (Å²) in [7, 11) is 0. The molecule has 0 spiro atoms. The molecule has 3 N–H and O–H groups in total. The zero-order valence-electron chi connectivity index (χ0n) is 16.4. The molecule has 0 bridgehead atoms. The first kappa shape index (κ1) is 23.6. The van der Waals surface area contributed by atoms with Gasteiger partial charge in [0.15, 0.2) is 0 Å². The summed E-state index contributed by atoms with van der Waals surface area (Å²) < 4.78 is 77.5. The summed E-state index contributed by atoms with van der Waals surface area (Å²) in [5.41, 5.74) is -2.91. The van der Waals surface area contributed by atoms with Crippen molar-refractivity contribution in [2.45, 2.75) is 12.4 Å². The van der Waals surface area contributed by atoms with Gasteiger partial charge in [-0.3, -0.25) is 9.59 Å². The molecule has 12 heteroatoms. The summed E-state index contributed by atoms with van der Waals surface area (Å²) in [5, 5.41) is 4.37. The van der Waals surface area contributed by atoms with Gasteiger partial charge >= 0.3 is 12.4 Å². The molecule has 0 aliphatic heterocycles. The second-order valence-corrected chi connectivity index (χ2v) is 6.63. The van der Waals surface area contributed by atoms with Crippen LogP contribution in [-0.2, 0) is 21.9 Å². The maximum absolute atomic E-state index is 12.9. The Balaban J connectivity index is 1.88. The monoisotopic (exact) mass is 468 g/mol. The summed E-state index contributed by atoms with van der Waals surface area (Å²) in [6, 6.07) is 7.47. The smallest absolute Gasteiger partial charge is 0.345 e. The number of rotatable bonds is 5. The van der Waals surface area contributed by atoms with Crippen LogP contribution in [0.1, 0.15) is 16.8 Å². The molecule has 172 valence electrons. The third-order valence-electron chi connectivity index (χ3n) is 4.20. The summed E-state index contributed by atoms with van der Waals surface area (Å²) in [6.07, 6.45) is -5.75. The predicted octanol–water partition coefficient (Wildman–Crippen LogP) is 5.11. The van der Waals surface area contributed by atoms with Gasteiger partial charge in [-0.05, 0) is 42.5 Å². The molecular formula is C21H14F6N4O2. The number of halogens is 6. The van der Waals surface area contributed by atoms with Crippen LogP contribution in [0, 0.1) is 0 Å². The number of carbonyl (C=O) groups excluding carboxylic acids is 2. The van der Waals surface area contributed by atoms with Gasteiger partial charge in [0, 0.05) is 11.4 Å². The fourth-order valence-corrected chi connectivity index (χ4v) is 2.68. The Hall–Kier alpha value is -4.09. The molecule has 1 aromatic heterocycles. The molecule has 6 nitrogen and oxygen atoms in total. The van der Waals surface area contributed by atoms with Crippen LogP contribution in [0.25, 0.3) is 6.08 Å². The molecule has 0 saturated heterocycles. The quantitative estimate of drug-likeness (QED) is 0.211. The van der Waals surface area contributed by atoms with Crippen molar-refractivity contribution in [3.8, 4) is 0 Å². The molecular weight excluding hydrogens is 454 g/mol. The van der Waals surface area contributed by atoms with Crippen molar-refractivity contribution >= 4 is 29.3 Å². The van der Waals surface area contributed by atoms with E-state index in [1.165, 1.54) is 24.7 Å². The lowest BCUT2D eigenvalue weighted by Crippen LogP contribution is -2.25. The number of hydrogen-bond acceptors (Lipinski definition) is 3. The van der Waals surface area contributed by atoms with Crippen LogP contribution in [0.5, 0.6) is 0 Å². The number of anilines is 2. The standard InChI is InChI=1S/C21H14F6N4O2/c22-20(23,24)12-3-1-5-14(7-12)30-18(32)17(9-16-10-28-11-29-16)19(33)31-15-6-2-4-13(8-15)21(25,26)27/h1-11H,(H,28,29)(H,30,32)(H,31,33). The normalized spacial score (nSPS) is 11.6. The number of benzene rings is 2. The Morgan fingerprint density at radius 1 is 0.818 bits per heavy atom. The van der Waals surface area contributed by atoms with Crippen LogP contribution in [-0.4, -0.2) is 21.8 Å². The van der Waals surface area contributed by atoms with Gasteiger partial charge in [0.25, 0.3) is 11.8 Å². The van der Waals surface area contributed by atoms with Crippen molar-refractivity contribution < 1.29 is 35.9 Å². The largest absolute Gasteiger partial charge is 0.416 e. The Bertz CT molecular complexity index is 1110. The van der Waals surface area contributed by atoms with E-state index in [0.717, 1.165) is 30.3 Å². The summed E-state index contributed by atoms with van der Waals surface area (Å²) in [4.78, 5) is 31.8. The second kappa shape index (κ2) is 9.18. The highest BCUT2D eigenvalue weighted by atomic mass is 19.4. The number of hydrogen-bond donors (Lipinski definition) is 3. The predicted molar refractivity (Wildman–Crippen MR) is 107 cm³/mol. The van der Waals surface area contributed by atoms with E-state index in [4.69, 9.17) is 0 Å². The van der Waals surface area contributed by atoms with Crippen molar-refractivity contribution in [2.75, 3.05) is 10.6 Å². The van der Waals surface area contributed by atoms with Crippen LogP contribution >= 0.6 is 0 Å². The van der Waals surface area contributed by atoms with E-state index < -0.39 is 40.9 Å². The molecule has 1 heterocycles. The number of nitrogens with zero attached hydrogens (tertiary/aromatic N) is 1. The van der Waals surface area contributed by atoms with Crippen LogP contribution < -0.4 is 10.6 Å². The highest BCUT2D eigenvalue weighted by molar-refractivity contribution is 6.28. The fraction of sp³-hybridized carbons (Fsp3) is 0.0952. The summed E-state index contributed by atoms with van der Waals surface area (Å²) >= 11 is 0. The fourth-order valence-electron chi connectivity index (χ4n) is 2.68. The highest BCUT2D eigenvalue weighted by Crippen LogP contribution is 2.32. The number of aromatic amines is 1. The number of amides is 2. The van der Waals surface area contributed by atoms with Crippen LogP contribution in [0.15, 0.2) is 66.6 Å². The first-order chi connectivity index (χ1) is 15.4. The van der Waals surface area contributed by atoms with E-state index in [9.17, 15) is 35.9 Å². The van der Waals surface area contributed by atoms with Gasteiger partial charge in [-0.25, -0.2) is 4.98 Å². The third kappa shape index (κ3) is 6.21. The van der Waals surface area contributed by atoms with Crippen molar-refractivity contribution in [3.63, 3.8) is 0 Å². The van der Waals surface area contributed by atoms with Gasteiger partial charge in [0.2, 0.25) is 0 Å². The molecule has 0 unspecified atom stereocenters. The van der Waals surface area contributed by atoms with E-state index in [2.05, 4.69) is 20.6 Å². The lowest BCUT2D eigenvalue weighted by Gasteiger charge is -2.13. The zero-order valence-corrected chi connectivity index (χ0v) is 16.4. The van der Waals surface area contributed by atoms with Gasteiger partial charge in [-0.1, -0.05) is 12.1 Å². The number of H-pyrrole nitrogens is 1. The molecule has 0 aliphatic carbocycles. The first-order valence-electron chi connectivity index (χ1n) is 9.11. The van der Waals surface area contributed by atoms with Crippen molar-refractivity contribution in [1.82, 2.24) is 9.97 Å². The van der Waals surface area contributed by atoms with Crippen molar-refractivity contribution in [3.05, 3.63) is 83.4 Å². The summed E-state index contributed by atoms with van der Waals surface area (Å²) in [5.74, 6) is -2.18. The lowest BCUT2D eigenvalue weighted by molar-refractivity contribution is -0.138.